The summed E-state index contributed by atoms with van der Waals surface area (Å²) in [5, 5.41) is 4.09. The third kappa shape index (κ3) is 3.06. The Labute approximate surface area is 122 Å². The number of benzene rings is 2. The second kappa shape index (κ2) is 5.59. The molecule has 0 fully saturated rings. The van der Waals surface area contributed by atoms with Crippen LogP contribution in [0.1, 0.15) is 5.56 Å². The maximum absolute atomic E-state index is 6.00. The van der Waals surface area contributed by atoms with Gasteiger partial charge in [0.15, 0.2) is 0 Å². The molecule has 100 valence electrons. The molecule has 0 aliphatic heterocycles. The van der Waals surface area contributed by atoms with Gasteiger partial charge in [0.2, 0.25) is 0 Å². The first-order valence-corrected chi connectivity index (χ1v) is 6.43. The molecule has 2 aromatic rings. The number of hydrogen-bond acceptors (Lipinski definition) is 3. The van der Waals surface area contributed by atoms with E-state index in [1.54, 1.807) is 19.2 Å². The Morgan fingerprint density at radius 3 is 2.42 bits per heavy atom. The Bertz CT molecular complexity index is 615. The van der Waals surface area contributed by atoms with Crippen LogP contribution in [0, 0.1) is 6.92 Å². The molecule has 5 heteroatoms. The molecule has 2 rings (SSSR count). The molecule has 0 aliphatic rings. The highest BCUT2D eigenvalue weighted by Gasteiger charge is 2.08. The summed E-state index contributed by atoms with van der Waals surface area (Å²) < 4.78 is 5.30. The number of nitrogen functional groups attached to an aromatic ring is 1. The van der Waals surface area contributed by atoms with E-state index in [0.717, 1.165) is 17.0 Å². The lowest BCUT2D eigenvalue weighted by Gasteiger charge is -2.14. The van der Waals surface area contributed by atoms with Gasteiger partial charge in [0, 0.05) is 0 Å². The molecular weight excluding hydrogens is 283 g/mol. The van der Waals surface area contributed by atoms with Crippen molar-refractivity contribution in [1.29, 1.82) is 0 Å². The van der Waals surface area contributed by atoms with E-state index >= 15 is 0 Å². The van der Waals surface area contributed by atoms with Gasteiger partial charge in [0.25, 0.3) is 0 Å². The van der Waals surface area contributed by atoms with Crippen molar-refractivity contribution in [1.82, 2.24) is 0 Å². The summed E-state index contributed by atoms with van der Waals surface area (Å²) in [6.07, 6.45) is 0. The molecule has 0 unspecified atom stereocenters. The number of hydrogen-bond donors (Lipinski definition) is 2. The van der Waals surface area contributed by atoms with Crippen molar-refractivity contribution in [3.8, 4) is 5.75 Å². The van der Waals surface area contributed by atoms with Gasteiger partial charge in [-0.3, -0.25) is 0 Å². The van der Waals surface area contributed by atoms with Crippen LogP contribution < -0.4 is 15.8 Å². The Hall–Kier alpha value is -1.58. The minimum atomic E-state index is 0.431. The predicted molar refractivity (Wildman–Crippen MR) is 81.9 cm³/mol. The molecule has 0 aromatic heterocycles. The van der Waals surface area contributed by atoms with Crippen LogP contribution in [-0.4, -0.2) is 7.11 Å². The number of nitrogens with one attached hydrogen (secondary N) is 1. The number of anilines is 3. The van der Waals surface area contributed by atoms with Crippen molar-refractivity contribution in [2.45, 2.75) is 6.92 Å². The summed E-state index contributed by atoms with van der Waals surface area (Å²) in [5.74, 6) is 0.732. The summed E-state index contributed by atoms with van der Waals surface area (Å²) in [5.41, 5.74) is 9.08. The van der Waals surface area contributed by atoms with Crippen LogP contribution >= 0.6 is 23.2 Å². The molecule has 0 atom stereocenters. The van der Waals surface area contributed by atoms with E-state index in [9.17, 15) is 0 Å². The quantitative estimate of drug-likeness (QED) is 0.812. The average Bonchev–Trinajstić information content (AvgIpc) is 2.36. The third-order valence-corrected chi connectivity index (χ3v) is 3.44. The van der Waals surface area contributed by atoms with E-state index in [1.165, 1.54) is 0 Å². The molecule has 2 aromatic carbocycles. The Morgan fingerprint density at radius 1 is 1.05 bits per heavy atom. The second-order valence-electron chi connectivity index (χ2n) is 4.18. The van der Waals surface area contributed by atoms with E-state index in [2.05, 4.69) is 5.32 Å². The van der Waals surface area contributed by atoms with Crippen LogP contribution in [0.15, 0.2) is 30.3 Å². The number of halogens is 2. The van der Waals surface area contributed by atoms with Gasteiger partial charge in [0.1, 0.15) is 5.75 Å². The van der Waals surface area contributed by atoms with Crippen molar-refractivity contribution in [3.05, 3.63) is 45.9 Å². The lowest BCUT2D eigenvalue weighted by Crippen LogP contribution is -1.99. The number of nitrogens with two attached hydrogens (primary N) is 1. The highest BCUT2D eigenvalue weighted by Crippen LogP contribution is 2.35. The van der Waals surface area contributed by atoms with Crippen molar-refractivity contribution in [3.63, 3.8) is 0 Å². The minimum absolute atomic E-state index is 0.431. The molecule has 0 saturated carbocycles. The zero-order valence-corrected chi connectivity index (χ0v) is 12.1. The van der Waals surface area contributed by atoms with Gasteiger partial charge in [0.05, 0.1) is 34.2 Å². The third-order valence-electron chi connectivity index (χ3n) is 2.72. The van der Waals surface area contributed by atoms with Gasteiger partial charge < -0.3 is 15.8 Å². The van der Waals surface area contributed by atoms with E-state index < -0.39 is 0 Å². The van der Waals surface area contributed by atoms with Crippen molar-refractivity contribution < 1.29 is 4.74 Å². The summed E-state index contributed by atoms with van der Waals surface area (Å²) in [7, 11) is 1.62. The fraction of sp³-hybridized carbons (Fsp3) is 0.143. The van der Waals surface area contributed by atoms with Gasteiger partial charge in [-0.1, -0.05) is 29.3 Å². The van der Waals surface area contributed by atoms with E-state index in [4.69, 9.17) is 33.7 Å². The number of methoxy groups -OCH3 is 1. The Kier molecular flexibility index (Phi) is 4.08. The van der Waals surface area contributed by atoms with Crippen LogP contribution in [0.2, 0.25) is 10.0 Å². The zero-order chi connectivity index (χ0) is 14.0. The van der Waals surface area contributed by atoms with Crippen molar-refractivity contribution in [2.75, 3.05) is 18.2 Å². The maximum atomic E-state index is 6.00. The van der Waals surface area contributed by atoms with E-state index in [0.29, 0.717) is 21.4 Å². The Morgan fingerprint density at radius 2 is 1.74 bits per heavy atom. The standard InChI is InChI=1S/C14H14Cl2N2O/c1-8-3-4-14(19-2)13(5-8)18-12-7-10(16)9(15)6-11(12)17/h3-7,18H,17H2,1-2H3. The predicted octanol–water partition coefficient (Wildman–Crippen LogP) is 4.64. The highest BCUT2D eigenvalue weighted by atomic mass is 35.5. The number of ether oxygens (including phenoxy) is 1. The second-order valence-corrected chi connectivity index (χ2v) is 5.00. The molecule has 19 heavy (non-hydrogen) atoms. The van der Waals surface area contributed by atoms with Crippen LogP contribution in [0.3, 0.4) is 0 Å². The molecule has 0 saturated heterocycles. The van der Waals surface area contributed by atoms with Crippen molar-refractivity contribution in [2.24, 2.45) is 0 Å². The number of aryl methyl sites for hydroxylation is 1. The maximum Gasteiger partial charge on any atom is 0.142 e. The zero-order valence-electron chi connectivity index (χ0n) is 10.6. The smallest absolute Gasteiger partial charge is 0.142 e. The fourth-order valence-electron chi connectivity index (χ4n) is 1.74. The normalized spacial score (nSPS) is 10.3. The van der Waals surface area contributed by atoms with Gasteiger partial charge in [-0.05, 0) is 36.8 Å². The van der Waals surface area contributed by atoms with E-state index in [1.807, 2.05) is 25.1 Å². The molecule has 0 amide bonds. The first kappa shape index (κ1) is 13.8. The van der Waals surface area contributed by atoms with Gasteiger partial charge in [-0.15, -0.1) is 0 Å². The molecular formula is C14H14Cl2N2O. The molecule has 0 aliphatic carbocycles. The first-order chi connectivity index (χ1) is 9.01. The van der Waals surface area contributed by atoms with Crippen LogP contribution in [0.4, 0.5) is 17.1 Å². The van der Waals surface area contributed by atoms with Gasteiger partial charge >= 0.3 is 0 Å². The fourth-order valence-corrected chi connectivity index (χ4v) is 2.07. The molecule has 0 spiro atoms. The van der Waals surface area contributed by atoms with Crippen molar-refractivity contribution >= 4 is 40.3 Å². The Balaban J connectivity index is 2.41. The average molecular weight is 297 g/mol. The molecule has 3 nitrogen and oxygen atoms in total. The monoisotopic (exact) mass is 296 g/mol. The molecule has 0 bridgehead atoms. The molecule has 3 N–H and O–H groups in total. The van der Waals surface area contributed by atoms with Gasteiger partial charge in [-0.25, -0.2) is 0 Å². The minimum Gasteiger partial charge on any atom is -0.495 e. The largest absolute Gasteiger partial charge is 0.495 e. The first-order valence-electron chi connectivity index (χ1n) is 5.67. The molecule has 0 heterocycles. The number of rotatable bonds is 3. The van der Waals surface area contributed by atoms with Crippen LogP contribution in [-0.2, 0) is 0 Å². The lowest BCUT2D eigenvalue weighted by atomic mass is 10.2. The summed E-state index contributed by atoms with van der Waals surface area (Å²) in [6, 6.07) is 9.16. The summed E-state index contributed by atoms with van der Waals surface area (Å²) in [6.45, 7) is 2.00. The van der Waals surface area contributed by atoms with Crippen LogP contribution in [0.25, 0.3) is 0 Å². The van der Waals surface area contributed by atoms with Gasteiger partial charge in [-0.2, -0.15) is 0 Å². The van der Waals surface area contributed by atoms with E-state index in [-0.39, 0.29) is 0 Å². The molecule has 0 radical (unpaired) electrons. The highest BCUT2D eigenvalue weighted by molar-refractivity contribution is 6.42. The lowest BCUT2D eigenvalue weighted by molar-refractivity contribution is 0.416. The summed E-state index contributed by atoms with van der Waals surface area (Å²) >= 11 is 11.9. The summed E-state index contributed by atoms with van der Waals surface area (Å²) in [4.78, 5) is 0. The van der Waals surface area contributed by atoms with Crippen LogP contribution in [0.5, 0.6) is 5.75 Å². The SMILES string of the molecule is COc1ccc(C)cc1Nc1cc(Cl)c(Cl)cc1N. The topological polar surface area (TPSA) is 47.3 Å².